The van der Waals surface area contributed by atoms with E-state index in [-0.39, 0.29) is 0 Å². The van der Waals surface area contributed by atoms with Crippen LogP contribution in [0.1, 0.15) is 12.5 Å². The molecule has 0 aliphatic carbocycles. The highest BCUT2D eigenvalue weighted by atomic mass is 35.5. The van der Waals surface area contributed by atoms with Gasteiger partial charge in [-0.3, -0.25) is 0 Å². The number of rotatable bonds is 5. The molecule has 0 spiro atoms. The predicted molar refractivity (Wildman–Crippen MR) is 62.4 cm³/mol. The Bertz CT molecular complexity index is 317. The third-order valence-electron chi connectivity index (χ3n) is 1.94. The maximum Gasteiger partial charge on any atom is 0.130 e. The summed E-state index contributed by atoms with van der Waals surface area (Å²) in [7, 11) is 0. The van der Waals surface area contributed by atoms with Crippen LogP contribution in [0.15, 0.2) is 18.2 Å². The van der Waals surface area contributed by atoms with Gasteiger partial charge in [0.1, 0.15) is 11.6 Å². The first kappa shape index (κ1) is 12.8. The van der Waals surface area contributed by atoms with Gasteiger partial charge in [0.15, 0.2) is 0 Å². The lowest BCUT2D eigenvalue weighted by Gasteiger charge is -2.07. The van der Waals surface area contributed by atoms with E-state index < -0.39 is 11.6 Å². The average Bonchev–Trinajstić information content (AvgIpc) is 2.21. The van der Waals surface area contributed by atoms with Crippen LogP contribution in [0, 0.1) is 17.6 Å². The maximum atomic E-state index is 13.2. The van der Waals surface area contributed by atoms with E-state index in [4.69, 9.17) is 11.6 Å². The first-order chi connectivity index (χ1) is 7.13. The molecular weight excluding hydrogens is 238 g/mol. The molecule has 4 heteroatoms. The summed E-state index contributed by atoms with van der Waals surface area (Å²) in [6.45, 7) is 2.04. The lowest BCUT2D eigenvalue weighted by Crippen LogP contribution is -2.00. The van der Waals surface area contributed by atoms with Crippen molar-refractivity contribution in [2.45, 2.75) is 12.7 Å². The minimum absolute atomic E-state index is 0.417. The second kappa shape index (κ2) is 6.33. The predicted octanol–water partition coefficient (Wildman–Crippen LogP) is 4.07. The van der Waals surface area contributed by atoms with Gasteiger partial charge >= 0.3 is 0 Å². The van der Waals surface area contributed by atoms with Gasteiger partial charge in [-0.15, -0.1) is 11.6 Å². The van der Waals surface area contributed by atoms with Crippen LogP contribution in [0.4, 0.5) is 8.78 Å². The molecule has 15 heavy (non-hydrogen) atoms. The van der Waals surface area contributed by atoms with Crippen LogP contribution < -0.4 is 0 Å². The lowest BCUT2D eigenvalue weighted by atomic mass is 10.2. The van der Waals surface area contributed by atoms with Gasteiger partial charge in [-0.1, -0.05) is 13.0 Å². The van der Waals surface area contributed by atoms with E-state index in [2.05, 4.69) is 0 Å². The van der Waals surface area contributed by atoms with Crippen LogP contribution in [0.25, 0.3) is 0 Å². The number of hydrogen-bond acceptors (Lipinski definition) is 1. The summed E-state index contributed by atoms with van der Waals surface area (Å²) in [6.07, 6.45) is 0. The van der Waals surface area contributed by atoms with Crippen molar-refractivity contribution in [3.63, 3.8) is 0 Å². The van der Waals surface area contributed by atoms with Gasteiger partial charge in [0.25, 0.3) is 0 Å². The first-order valence-electron chi connectivity index (χ1n) is 4.71. The standard InChI is InChI=1S/C11H13ClF2S/c1-8(5-12)6-15-7-9-2-3-10(13)4-11(9)14/h2-4,8H,5-7H2,1H3. The quantitative estimate of drug-likeness (QED) is 0.710. The summed E-state index contributed by atoms with van der Waals surface area (Å²) >= 11 is 7.26. The molecule has 0 heterocycles. The van der Waals surface area contributed by atoms with Crippen molar-refractivity contribution < 1.29 is 8.78 Å². The molecule has 0 radical (unpaired) electrons. The van der Waals surface area contributed by atoms with Crippen molar-refractivity contribution in [2.75, 3.05) is 11.6 Å². The van der Waals surface area contributed by atoms with Crippen molar-refractivity contribution in [3.8, 4) is 0 Å². The number of hydrogen-bond donors (Lipinski definition) is 0. The van der Waals surface area contributed by atoms with E-state index in [0.717, 1.165) is 11.8 Å². The Hall–Kier alpha value is -0.280. The number of benzene rings is 1. The Morgan fingerprint density at radius 2 is 2.13 bits per heavy atom. The summed E-state index contributed by atoms with van der Waals surface area (Å²) in [6, 6.07) is 3.69. The molecule has 0 saturated carbocycles. The second-order valence-electron chi connectivity index (χ2n) is 3.51. The van der Waals surface area contributed by atoms with Crippen molar-refractivity contribution in [3.05, 3.63) is 35.4 Å². The SMILES string of the molecule is CC(CCl)CSCc1ccc(F)cc1F. The zero-order valence-electron chi connectivity index (χ0n) is 8.47. The molecule has 0 aliphatic heterocycles. The number of thioether (sulfide) groups is 1. The number of alkyl halides is 1. The van der Waals surface area contributed by atoms with Crippen LogP contribution in [0.2, 0.25) is 0 Å². The molecule has 1 aromatic rings. The highest BCUT2D eigenvalue weighted by molar-refractivity contribution is 7.98. The Morgan fingerprint density at radius 3 is 2.73 bits per heavy atom. The fraction of sp³-hybridized carbons (Fsp3) is 0.455. The van der Waals surface area contributed by atoms with Crippen molar-refractivity contribution in [1.82, 2.24) is 0 Å². The van der Waals surface area contributed by atoms with Gasteiger partial charge in [0, 0.05) is 17.7 Å². The van der Waals surface area contributed by atoms with Crippen LogP contribution in [0.5, 0.6) is 0 Å². The van der Waals surface area contributed by atoms with E-state index >= 15 is 0 Å². The van der Waals surface area contributed by atoms with Gasteiger partial charge < -0.3 is 0 Å². The Balaban J connectivity index is 2.44. The normalized spacial score (nSPS) is 12.8. The highest BCUT2D eigenvalue weighted by Crippen LogP contribution is 2.19. The van der Waals surface area contributed by atoms with E-state index in [0.29, 0.717) is 23.1 Å². The summed E-state index contributed by atoms with van der Waals surface area (Å²) < 4.78 is 25.8. The third kappa shape index (κ3) is 4.39. The fourth-order valence-corrected chi connectivity index (χ4v) is 2.38. The lowest BCUT2D eigenvalue weighted by molar-refractivity contribution is 0.576. The molecule has 0 fully saturated rings. The molecule has 1 atom stereocenters. The Morgan fingerprint density at radius 1 is 1.40 bits per heavy atom. The van der Waals surface area contributed by atoms with Crippen LogP contribution >= 0.6 is 23.4 Å². The van der Waals surface area contributed by atoms with E-state index in [1.54, 1.807) is 11.8 Å². The van der Waals surface area contributed by atoms with E-state index in [1.807, 2.05) is 6.92 Å². The largest absolute Gasteiger partial charge is 0.207 e. The summed E-state index contributed by atoms with van der Waals surface area (Å²) in [5, 5.41) is 0. The molecule has 1 unspecified atom stereocenters. The first-order valence-corrected chi connectivity index (χ1v) is 6.40. The summed E-state index contributed by atoms with van der Waals surface area (Å²) in [4.78, 5) is 0. The summed E-state index contributed by atoms with van der Waals surface area (Å²) in [5.74, 6) is 1.48. The summed E-state index contributed by atoms with van der Waals surface area (Å²) in [5.41, 5.74) is 0.545. The molecule has 0 saturated heterocycles. The zero-order chi connectivity index (χ0) is 11.3. The van der Waals surface area contributed by atoms with E-state index in [1.165, 1.54) is 12.1 Å². The maximum absolute atomic E-state index is 13.2. The van der Waals surface area contributed by atoms with Crippen molar-refractivity contribution >= 4 is 23.4 Å². The number of halogens is 3. The van der Waals surface area contributed by atoms with Gasteiger partial charge in [-0.2, -0.15) is 11.8 Å². The molecule has 0 amide bonds. The smallest absolute Gasteiger partial charge is 0.130 e. The fourth-order valence-electron chi connectivity index (χ4n) is 1.05. The van der Waals surface area contributed by atoms with Crippen LogP contribution in [-0.4, -0.2) is 11.6 Å². The monoisotopic (exact) mass is 250 g/mol. The molecule has 1 rings (SSSR count). The molecule has 0 aliphatic rings. The minimum Gasteiger partial charge on any atom is -0.207 e. The molecule has 84 valence electrons. The van der Waals surface area contributed by atoms with Gasteiger partial charge in [0.2, 0.25) is 0 Å². The molecule has 1 aromatic carbocycles. The molecule has 0 bridgehead atoms. The van der Waals surface area contributed by atoms with Crippen molar-refractivity contribution in [1.29, 1.82) is 0 Å². The molecule has 0 N–H and O–H groups in total. The average molecular weight is 251 g/mol. The minimum atomic E-state index is -0.532. The zero-order valence-corrected chi connectivity index (χ0v) is 10.0. The van der Waals surface area contributed by atoms with Crippen molar-refractivity contribution in [2.24, 2.45) is 5.92 Å². The Kier molecular flexibility index (Phi) is 5.40. The van der Waals surface area contributed by atoms with Crippen LogP contribution in [0.3, 0.4) is 0 Å². The van der Waals surface area contributed by atoms with Gasteiger partial charge in [-0.25, -0.2) is 8.78 Å². The molecular formula is C11H13ClF2S. The second-order valence-corrected chi connectivity index (χ2v) is 4.85. The van der Waals surface area contributed by atoms with E-state index in [9.17, 15) is 8.78 Å². The molecule has 0 nitrogen and oxygen atoms in total. The third-order valence-corrected chi connectivity index (χ3v) is 3.79. The van der Waals surface area contributed by atoms with Gasteiger partial charge in [0.05, 0.1) is 0 Å². The topological polar surface area (TPSA) is 0 Å². The Labute approximate surface area is 98.0 Å². The molecule has 0 aromatic heterocycles. The van der Waals surface area contributed by atoms with Crippen LogP contribution in [-0.2, 0) is 5.75 Å². The van der Waals surface area contributed by atoms with Gasteiger partial charge in [-0.05, 0) is 23.3 Å². The highest BCUT2D eigenvalue weighted by Gasteiger charge is 2.05.